The smallest absolute Gasteiger partial charge is 0.0177 e. The SMILES string of the molecule is CC(C)CCC(CNC(C)C)Cc1cccc(Br)c1. The maximum absolute atomic E-state index is 3.59. The van der Waals surface area contributed by atoms with E-state index in [4.69, 9.17) is 0 Å². The first-order valence-electron chi connectivity index (χ1n) is 7.45. The monoisotopic (exact) mass is 325 g/mol. The quantitative estimate of drug-likeness (QED) is 0.705. The van der Waals surface area contributed by atoms with Crippen molar-refractivity contribution in [1.82, 2.24) is 5.32 Å². The largest absolute Gasteiger partial charge is 0.314 e. The van der Waals surface area contributed by atoms with Gasteiger partial charge in [0.25, 0.3) is 0 Å². The van der Waals surface area contributed by atoms with Gasteiger partial charge in [-0.15, -0.1) is 0 Å². The van der Waals surface area contributed by atoms with E-state index in [1.807, 2.05) is 0 Å². The minimum absolute atomic E-state index is 0.573. The van der Waals surface area contributed by atoms with Crippen LogP contribution in [0.1, 0.15) is 46.1 Å². The predicted octanol–water partition coefficient (Wildman–Crippen LogP) is 5.04. The lowest BCUT2D eigenvalue weighted by Crippen LogP contribution is -2.30. The topological polar surface area (TPSA) is 12.0 Å². The molecular formula is C17H28BrN. The van der Waals surface area contributed by atoms with E-state index < -0.39 is 0 Å². The summed E-state index contributed by atoms with van der Waals surface area (Å²) in [6, 6.07) is 9.29. The predicted molar refractivity (Wildman–Crippen MR) is 88.5 cm³/mol. The lowest BCUT2D eigenvalue weighted by atomic mass is 9.91. The highest BCUT2D eigenvalue weighted by atomic mass is 79.9. The number of benzene rings is 1. The van der Waals surface area contributed by atoms with Gasteiger partial charge >= 0.3 is 0 Å². The Labute approximate surface area is 127 Å². The molecule has 1 aromatic carbocycles. The molecule has 2 heteroatoms. The highest BCUT2D eigenvalue weighted by molar-refractivity contribution is 9.10. The van der Waals surface area contributed by atoms with Gasteiger partial charge in [0.05, 0.1) is 0 Å². The summed E-state index contributed by atoms with van der Waals surface area (Å²) in [4.78, 5) is 0. The molecule has 19 heavy (non-hydrogen) atoms. The van der Waals surface area contributed by atoms with Crippen LogP contribution in [0.2, 0.25) is 0 Å². The van der Waals surface area contributed by atoms with Crippen molar-refractivity contribution < 1.29 is 0 Å². The summed E-state index contributed by atoms with van der Waals surface area (Å²) < 4.78 is 1.18. The Hall–Kier alpha value is -0.340. The Morgan fingerprint density at radius 3 is 2.42 bits per heavy atom. The van der Waals surface area contributed by atoms with Crippen LogP contribution in [0.5, 0.6) is 0 Å². The zero-order valence-corrected chi connectivity index (χ0v) is 14.3. The molecule has 108 valence electrons. The van der Waals surface area contributed by atoms with Crippen molar-refractivity contribution in [2.75, 3.05) is 6.54 Å². The third-order valence-electron chi connectivity index (χ3n) is 3.38. The Morgan fingerprint density at radius 2 is 1.84 bits per heavy atom. The molecule has 0 fully saturated rings. The first-order chi connectivity index (χ1) is 8.97. The van der Waals surface area contributed by atoms with Gasteiger partial charge in [0.2, 0.25) is 0 Å². The normalized spacial score (nSPS) is 13.2. The van der Waals surface area contributed by atoms with Crippen LogP contribution in [0.25, 0.3) is 0 Å². The minimum atomic E-state index is 0.573. The second-order valence-electron chi connectivity index (χ2n) is 6.23. The Morgan fingerprint density at radius 1 is 1.11 bits per heavy atom. The summed E-state index contributed by atoms with van der Waals surface area (Å²) in [7, 11) is 0. The van der Waals surface area contributed by atoms with E-state index in [9.17, 15) is 0 Å². The van der Waals surface area contributed by atoms with Crippen LogP contribution in [0.3, 0.4) is 0 Å². The van der Waals surface area contributed by atoms with E-state index in [0.717, 1.165) is 18.4 Å². The van der Waals surface area contributed by atoms with Crippen LogP contribution < -0.4 is 5.32 Å². The van der Waals surface area contributed by atoms with Gasteiger partial charge in [-0.2, -0.15) is 0 Å². The van der Waals surface area contributed by atoms with Crippen LogP contribution in [0.15, 0.2) is 28.7 Å². The van der Waals surface area contributed by atoms with Crippen LogP contribution in [-0.2, 0) is 6.42 Å². The summed E-state index contributed by atoms with van der Waals surface area (Å²) in [5, 5.41) is 3.59. The molecule has 0 heterocycles. The highest BCUT2D eigenvalue weighted by Gasteiger charge is 2.11. The summed E-state index contributed by atoms with van der Waals surface area (Å²) in [5.74, 6) is 1.53. The van der Waals surface area contributed by atoms with E-state index in [1.165, 1.54) is 29.3 Å². The molecule has 1 unspecified atom stereocenters. The molecule has 0 radical (unpaired) electrons. The molecule has 0 bridgehead atoms. The van der Waals surface area contributed by atoms with E-state index in [1.54, 1.807) is 0 Å². The molecule has 0 aromatic heterocycles. The lowest BCUT2D eigenvalue weighted by molar-refractivity contribution is 0.386. The van der Waals surface area contributed by atoms with Gasteiger partial charge in [0.15, 0.2) is 0 Å². The maximum Gasteiger partial charge on any atom is 0.0177 e. The van der Waals surface area contributed by atoms with E-state index >= 15 is 0 Å². The molecule has 0 saturated carbocycles. The van der Waals surface area contributed by atoms with Crippen molar-refractivity contribution in [2.45, 2.75) is 53.0 Å². The standard InChI is InChI=1S/C17H28BrN/c1-13(2)8-9-16(12-19-14(3)4)10-15-6-5-7-17(18)11-15/h5-7,11,13-14,16,19H,8-10,12H2,1-4H3. The number of halogens is 1. The van der Waals surface area contributed by atoms with Gasteiger partial charge in [0, 0.05) is 10.5 Å². The van der Waals surface area contributed by atoms with Crippen molar-refractivity contribution in [1.29, 1.82) is 0 Å². The van der Waals surface area contributed by atoms with Crippen LogP contribution >= 0.6 is 15.9 Å². The summed E-state index contributed by atoms with van der Waals surface area (Å²) in [5.41, 5.74) is 1.44. The number of rotatable bonds is 8. The van der Waals surface area contributed by atoms with Crippen molar-refractivity contribution >= 4 is 15.9 Å². The van der Waals surface area contributed by atoms with Crippen molar-refractivity contribution in [3.05, 3.63) is 34.3 Å². The number of hydrogen-bond donors (Lipinski definition) is 1. The molecule has 0 aliphatic carbocycles. The average Bonchev–Trinajstić information content (AvgIpc) is 2.32. The van der Waals surface area contributed by atoms with Gasteiger partial charge in [-0.3, -0.25) is 0 Å². The Balaban J connectivity index is 2.56. The fraction of sp³-hybridized carbons (Fsp3) is 0.647. The first-order valence-corrected chi connectivity index (χ1v) is 8.24. The summed E-state index contributed by atoms with van der Waals surface area (Å²) in [6.07, 6.45) is 3.80. The van der Waals surface area contributed by atoms with Gasteiger partial charge in [0.1, 0.15) is 0 Å². The zero-order chi connectivity index (χ0) is 14.3. The maximum atomic E-state index is 3.59. The summed E-state index contributed by atoms with van der Waals surface area (Å²) >= 11 is 3.56. The fourth-order valence-corrected chi connectivity index (χ4v) is 2.69. The van der Waals surface area contributed by atoms with Crippen LogP contribution in [0.4, 0.5) is 0 Å². The Kier molecular flexibility index (Phi) is 7.70. The number of hydrogen-bond acceptors (Lipinski definition) is 1. The highest BCUT2D eigenvalue weighted by Crippen LogP contribution is 2.19. The van der Waals surface area contributed by atoms with E-state index in [-0.39, 0.29) is 0 Å². The molecule has 0 saturated heterocycles. The molecule has 1 rings (SSSR count). The number of nitrogens with one attached hydrogen (secondary N) is 1. The van der Waals surface area contributed by atoms with E-state index in [0.29, 0.717) is 6.04 Å². The fourth-order valence-electron chi connectivity index (χ4n) is 2.24. The van der Waals surface area contributed by atoms with Gasteiger partial charge in [-0.25, -0.2) is 0 Å². The molecule has 0 spiro atoms. The minimum Gasteiger partial charge on any atom is -0.314 e. The zero-order valence-electron chi connectivity index (χ0n) is 12.7. The second kappa shape index (κ2) is 8.76. The first kappa shape index (κ1) is 16.7. The Bertz CT molecular complexity index is 348. The van der Waals surface area contributed by atoms with Crippen LogP contribution in [0, 0.1) is 11.8 Å². The molecule has 0 aliphatic heterocycles. The van der Waals surface area contributed by atoms with Crippen molar-refractivity contribution in [2.24, 2.45) is 11.8 Å². The third-order valence-corrected chi connectivity index (χ3v) is 3.87. The average molecular weight is 326 g/mol. The third kappa shape index (κ3) is 7.74. The summed E-state index contributed by atoms with van der Waals surface area (Å²) in [6.45, 7) is 10.2. The molecule has 0 aliphatic rings. The molecule has 1 aromatic rings. The van der Waals surface area contributed by atoms with E-state index in [2.05, 4.69) is 73.2 Å². The molecule has 0 amide bonds. The lowest BCUT2D eigenvalue weighted by Gasteiger charge is -2.20. The van der Waals surface area contributed by atoms with Gasteiger partial charge in [-0.1, -0.05) is 62.2 Å². The molecule has 1 nitrogen and oxygen atoms in total. The van der Waals surface area contributed by atoms with Crippen LogP contribution in [-0.4, -0.2) is 12.6 Å². The van der Waals surface area contributed by atoms with Gasteiger partial charge in [-0.05, 0) is 48.9 Å². The molecule has 1 atom stereocenters. The second-order valence-corrected chi connectivity index (χ2v) is 7.15. The van der Waals surface area contributed by atoms with Crippen molar-refractivity contribution in [3.8, 4) is 0 Å². The molecular weight excluding hydrogens is 298 g/mol. The van der Waals surface area contributed by atoms with Crippen molar-refractivity contribution in [3.63, 3.8) is 0 Å². The van der Waals surface area contributed by atoms with Gasteiger partial charge < -0.3 is 5.32 Å². The molecule has 1 N–H and O–H groups in total.